The quantitative estimate of drug-likeness (QED) is 0.789. The van der Waals surface area contributed by atoms with Crippen molar-refractivity contribution in [2.45, 2.75) is 12.7 Å². The molecule has 9 heteroatoms. The zero-order valence-corrected chi connectivity index (χ0v) is 9.18. The Labute approximate surface area is 99.1 Å². The van der Waals surface area contributed by atoms with Gasteiger partial charge in [0.25, 0.3) is 0 Å². The molecule has 0 spiro atoms. The summed E-state index contributed by atoms with van der Waals surface area (Å²) in [6.07, 6.45) is 0.0292. The lowest BCUT2D eigenvalue weighted by molar-refractivity contribution is -0.124. The van der Waals surface area contributed by atoms with Crippen molar-refractivity contribution in [1.29, 1.82) is 0 Å². The van der Waals surface area contributed by atoms with Crippen molar-refractivity contribution in [3.63, 3.8) is 0 Å². The Morgan fingerprint density at radius 3 is 2.83 bits per heavy atom. The molecule has 0 aliphatic rings. The van der Waals surface area contributed by atoms with Crippen molar-refractivity contribution in [3.05, 3.63) is 29.1 Å². The van der Waals surface area contributed by atoms with Gasteiger partial charge in [-0.25, -0.2) is 13.9 Å². The van der Waals surface area contributed by atoms with Crippen LogP contribution in [0.15, 0.2) is 23.4 Å². The molecule has 0 aliphatic carbocycles. The number of hydrogen-bond acceptors (Lipinski definition) is 4. The van der Waals surface area contributed by atoms with Crippen molar-refractivity contribution in [3.8, 4) is 0 Å². The van der Waals surface area contributed by atoms with Crippen molar-refractivity contribution in [1.82, 2.24) is 24.5 Å². The van der Waals surface area contributed by atoms with E-state index < -0.39 is 18.4 Å². The molecule has 18 heavy (non-hydrogen) atoms. The van der Waals surface area contributed by atoms with Gasteiger partial charge < -0.3 is 5.32 Å². The van der Waals surface area contributed by atoms with Gasteiger partial charge in [0.15, 0.2) is 5.65 Å². The van der Waals surface area contributed by atoms with E-state index in [1.165, 1.54) is 23.0 Å². The highest BCUT2D eigenvalue weighted by Crippen LogP contribution is 2.11. The fourth-order valence-electron chi connectivity index (χ4n) is 1.44. The van der Waals surface area contributed by atoms with E-state index in [0.29, 0.717) is 5.65 Å². The van der Waals surface area contributed by atoms with Gasteiger partial charge in [0.2, 0.25) is 0 Å². The fraction of sp³-hybridized carbons (Fsp3) is 0.444. The first-order valence-corrected chi connectivity index (χ1v) is 5.14. The Hall–Kier alpha value is -1.90. The molecule has 0 unspecified atom stereocenters. The topological polar surface area (TPSA) is 64.2 Å². The number of alkyl halides is 3. The number of nitrogens with one attached hydrogen (secondary N) is 1. The first kappa shape index (κ1) is 12.6. The Kier molecular flexibility index (Phi) is 3.32. The highest BCUT2D eigenvalue weighted by Gasteiger charge is 2.25. The van der Waals surface area contributed by atoms with Gasteiger partial charge in [0, 0.05) is 18.9 Å². The molecule has 0 saturated carbocycles. The lowest BCUT2D eigenvalue weighted by atomic mass is 10.5. The van der Waals surface area contributed by atoms with Gasteiger partial charge in [-0.15, -0.1) is 5.10 Å². The smallest absolute Gasteiger partial charge is 0.307 e. The minimum Gasteiger partial charge on any atom is -0.307 e. The Morgan fingerprint density at radius 2 is 2.17 bits per heavy atom. The van der Waals surface area contributed by atoms with Crippen molar-refractivity contribution >= 4 is 5.65 Å². The highest BCUT2D eigenvalue weighted by atomic mass is 19.4. The van der Waals surface area contributed by atoms with Crippen LogP contribution in [0.5, 0.6) is 0 Å². The van der Waals surface area contributed by atoms with Gasteiger partial charge in [-0.3, -0.25) is 4.98 Å². The summed E-state index contributed by atoms with van der Waals surface area (Å²) in [5.41, 5.74) is -0.0421. The van der Waals surface area contributed by atoms with Crippen LogP contribution in [0.25, 0.3) is 5.65 Å². The Morgan fingerprint density at radius 1 is 1.39 bits per heavy atom. The summed E-state index contributed by atoms with van der Waals surface area (Å²) in [4.78, 5) is 15.5. The number of rotatable bonds is 4. The van der Waals surface area contributed by atoms with Crippen LogP contribution < -0.4 is 11.0 Å². The van der Waals surface area contributed by atoms with Crippen molar-refractivity contribution < 1.29 is 13.2 Å². The van der Waals surface area contributed by atoms with Crippen LogP contribution in [0.3, 0.4) is 0 Å². The Balaban J connectivity index is 2.00. The van der Waals surface area contributed by atoms with E-state index in [0.717, 1.165) is 4.68 Å². The largest absolute Gasteiger partial charge is 0.401 e. The summed E-state index contributed by atoms with van der Waals surface area (Å²) in [5, 5.41) is 6.13. The van der Waals surface area contributed by atoms with E-state index in [1.807, 2.05) is 0 Å². The average Bonchev–Trinajstić information content (AvgIpc) is 2.62. The van der Waals surface area contributed by atoms with Crippen LogP contribution in [0.4, 0.5) is 13.2 Å². The number of halogens is 3. The predicted octanol–water partition coefficient (Wildman–Crippen LogP) is 0.0429. The molecule has 0 aromatic carbocycles. The minimum atomic E-state index is -4.26. The average molecular weight is 261 g/mol. The molecule has 0 aliphatic heterocycles. The summed E-state index contributed by atoms with van der Waals surface area (Å²) in [6, 6.07) is 0. The van der Waals surface area contributed by atoms with E-state index in [4.69, 9.17) is 0 Å². The molecule has 0 amide bonds. The first-order valence-electron chi connectivity index (χ1n) is 5.14. The molecule has 2 heterocycles. The maximum Gasteiger partial charge on any atom is 0.401 e. The van der Waals surface area contributed by atoms with Gasteiger partial charge in [-0.2, -0.15) is 13.2 Å². The molecular weight excluding hydrogens is 251 g/mol. The normalized spacial score (nSPS) is 12.2. The third kappa shape index (κ3) is 2.86. The summed E-state index contributed by atoms with van der Waals surface area (Å²) >= 11 is 0. The first-order chi connectivity index (χ1) is 8.47. The molecule has 2 rings (SSSR count). The van der Waals surface area contributed by atoms with Crippen molar-refractivity contribution in [2.24, 2.45) is 0 Å². The number of aromatic nitrogens is 4. The molecule has 0 bridgehead atoms. The van der Waals surface area contributed by atoms with Crippen LogP contribution in [-0.4, -0.2) is 38.4 Å². The molecule has 0 saturated heterocycles. The molecule has 0 atom stereocenters. The molecule has 2 aromatic heterocycles. The van der Waals surface area contributed by atoms with Crippen LogP contribution in [0, 0.1) is 0 Å². The second-order valence-electron chi connectivity index (χ2n) is 3.60. The van der Waals surface area contributed by atoms with Gasteiger partial charge in [0.1, 0.15) is 0 Å². The standard InChI is InChI=1S/C9H10F3N5O/c10-9(11,12)6-14-2-4-17-8(18)16-3-1-13-5-7(16)15-17/h1,3,5,14H,2,4,6H2. The van der Waals surface area contributed by atoms with Gasteiger partial charge in [-0.1, -0.05) is 0 Å². The third-order valence-electron chi connectivity index (χ3n) is 2.21. The highest BCUT2D eigenvalue weighted by molar-refractivity contribution is 5.31. The van der Waals surface area contributed by atoms with E-state index in [1.54, 1.807) is 0 Å². The zero-order valence-electron chi connectivity index (χ0n) is 9.18. The summed E-state index contributed by atoms with van der Waals surface area (Å²) in [5.74, 6) is 0. The zero-order chi connectivity index (χ0) is 13.2. The van der Waals surface area contributed by atoms with Crippen LogP contribution in [0.1, 0.15) is 0 Å². The van der Waals surface area contributed by atoms with Gasteiger partial charge >= 0.3 is 11.9 Å². The van der Waals surface area contributed by atoms with Crippen LogP contribution >= 0.6 is 0 Å². The molecule has 98 valence electrons. The maximum absolute atomic E-state index is 11.9. The fourth-order valence-corrected chi connectivity index (χ4v) is 1.44. The van der Waals surface area contributed by atoms with E-state index in [9.17, 15) is 18.0 Å². The minimum absolute atomic E-state index is 0.0106. The number of nitrogens with zero attached hydrogens (tertiary/aromatic N) is 4. The van der Waals surface area contributed by atoms with Crippen LogP contribution in [-0.2, 0) is 6.54 Å². The van der Waals surface area contributed by atoms with E-state index >= 15 is 0 Å². The summed E-state index contributed by atoms with van der Waals surface area (Å²) in [6.45, 7) is -1.01. The monoisotopic (exact) mass is 261 g/mol. The second kappa shape index (κ2) is 4.77. The summed E-state index contributed by atoms with van der Waals surface area (Å²) < 4.78 is 38.0. The molecule has 0 radical (unpaired) electrons. The van der Waals surface area contributed by atoms with E-state index in [-0.39, 0.29) is 13.1 Å². The second-order valence-corrected chi connectivity index (χ2v) is 3.60. The molecule has 0 fully saturated rings. The van der Waals surface area contributed by atoms with Crippen molar-refractivity contribution in [2.75, 3.05) is 13.1 Å². The van der Waals surface area contributed by atoms with E-state index in [2.05, 4.69) is 15.4 Å². The SMILES string of the molecule is O=c1n(CCNCC(F)(F)F)nc2cnccn12. The molecule has 2 aromatic rings. The number of hydrogen-bond donors (Lipinski definition) is 1. The summed E-state index contributed by atoms with van der Waals surface area (Å²) in [7, 11) is 0. The van der Waals surface area contributed by atoms with Gasteiger partial charge in [-0.05, 0) is 0 Å². The molecule has 1 N–H and O–H groups in total. The predicted molar refractivity (Wildman–Crippen MR) is 56.2 cm³/mol. The Bertz CT molecular complexity index is 588. The number of fused-ring (bicyclic) bond motifs is 1. The maximum atomic E-state index is 11.9. The lowest BCUT2D eigenvalue weighted by Gasteiger charge is -2.07. The molecular formula is C9H10F3N5O. The third-order valence-corrected chi connectivity index (χ3v) is 2.21. The molecule has 6 nitrogen and oxygen atoms in total. The lowest BCUT2D eigenvalue weighted by Crippen LogP contribution is -2.33. The van der Waals surface area contributed by atoms with Gasteiger partial charge in [0.05, 0.1) is 19.3 Å². The van der Waals surface area contributed by atoms with Crippen LogP contribution in [0.2, 0.25) is 0 Å².